The minimum absolute atomic E-state index is 0.158. The first-order chi connectivity index (χ1) is 9.72. The van der Waals surface area contributed by atoms with Crippen LogP contribution in [0.2, 0.25) is 0 Å². The Labute approximate surface area is 120 Å². The second kappa shape index (κ2) is 7.18. The highest BCUT2D eigenvalue weighted by atomic mass is 32.1. The zero-order chi connectivity index (χ0) is 14.4. The molecule has 0 spiro atoms. The van der Waals surface area contributed by atoms with Crippen LogP contribution in [0.3, 0.4) is 0 Å². The van der Waals surface area contributed by atoms with E-state index in [1.54, 1.807) is 12.3 Å². The lowest BCUT2D eigenvalue weighted by molar-refractivity contribution is -0.121. The predicted octanol–water partition coefficient (Wildman–Crippen LogP) is 1.07. The highest BCUT2D eigenvalue weighted by Gasteiger charge is 2.14. The molecular weight excluding hydrogens is 280 g/mol. The van der Waals surface area contributed by atoms with Crippen molar-refractivity contribution in [3.05, 3.63) is 29.5 Å². The van der Waals surface area contributed by atoms with Crippen LogP contribution in [0.4, 0.5) is 0 Å². The fourth-order valence-corrected chi connectivity index (χ4v) is 2.47. The molecule has 2 heterocycles. The average molecular weight is 296 g/mol. The summed E-state index contributed by atoms with van der Waals surface area (Å²) < 4.78 is 10.1. The number of ether oxygens (including phenoxy) is 1. The van der Waals surface area contributed by atoms with Crippen LogP contribution >= 0.6 is 11.3 Å². The summed E-state index contributed by atoms with van der Waals surface area (Å²) in [5.41, 5.74) is 0.674. The first kappa shape index (κ1) is 14.7. The van der Waals surface area contributed by atoms with Crippen LogP contribution in [0, 0.1) is 0 Å². The van der Waals surface area contributed by atoms with E-state index in [9.17, 15) is 4.79 Å². The van der Waals surface area contributed by atoms with Gasteiger partial charge in [-0.25, -0.2) is 4.98 Å². The highest BCUT2D eigenvalue weighted by molar-refractivity contribution is 7.13. The third-order valence-electron chi connectivity index (χ3n) is 2.58. The summed E-state index contributed by atoms with van der Waals surface area (Å²) in [6.45, 7) is 0.116. The molecule has 0 fully saturated rings. The quantitative estimate of drug-likeness (QED) is 0.798. The lowest BCUT2D eigenvalue weighted by atomic mass is 10.2. The molecule has 6 nitrogen and oxygen atoms in total. The average Bonchev–Trinajstić information content (AvgIpc) is 3.08. The molecule has 2 aromatic rings. The number of furan rings is 1. The van der Waals surface area contributed by atoms with E-state index in [2.05, 4.69) is 10.3 Å². The third-order valence-corrected chi connectivity index (χ3v) is 3.48. The summed E-state index contributed by atoms with van der Waals surface area (Å²) in [5.74, 6) is 0.492. The minimum atomic E-state index is -0.393. The van der Waals surface area contributed by atoms with Crippen molar-refractivity contribution in [3.63, 3.8) is 0 Å². The molecule has 0 bridgehead atoms. The van der Waals surface area contributed by atoms with Gasteiger partial charge in [0, 0.05) is 12.5 Å². The lowest BCUT2D eigenvalue weighted by Gasteiger charge is -2.14. The Kier molecular flexibility index (Phi) is 5.28. The fourth-order valence-electron chi connectivity index (χ4n) is 1.69. The Bertz CT molecular complexity index is 538. The van der Waals surface area contributed by atoms with Gasteiger partial charge in [0.25, 0.3) is 0 Å². The Balaban J connectivity index is 1.91. The Morgan fingerprint density at radius 3 is 3.15 bits per heavy atom. The standard InChI is InChI=1S/C13H16N2O4S/c1-18-7-10(6-16)14-12(17)5-9-8-20-13(15-9)11-3-2-4-19-11/h2-4,8,10,16H,5-7H2,1H3,(H,14,17). The summed E-state index contributed by atoms with van der Waals surface area (Å²) in [4.78, 5) is 16.2. The van der Waals surface area contributed by atoms with Gasteiger partial charge >= 0.3 is 0 Å². The van der Waals surface area contributed by atoms with Gasteiger partial charge in [-0.2, -0.15) is 0 Å². The van der Waals surface area contributed by atoms with E-state index in [1.807, 2.05) is 11.4 Å². The van der Waals surface area contributed by atoms with E-state index >= 15 is 0 Å². The van der Waals surface area contributed by atoms with Crippen LogP contribution in [0.15, 0.2) is 28.2 Å². The molecule has 0 saturated carbocycles. The molecular formula is C13H16N2O4S. The van der Waals surface area contributed by atoms with Crippen LogP contribution < -0.4 is 5.32 Å². The smallest absolute Gasteiger partial charge is 0.226 e. The van der Waals surface area contributed by atoms with E-state index in [1.165, 1.54) is 18.4 Å². The predicted molar refractivity (Wildman–Crippen MR) is 74.4 cm³/mol. The first-order valence-electron chi connectivity index (χ1n) is 6.10. The fraction of sp³-hybridized carbons (Fsp3) is 0.385. The summed E-state index contributed by atoms with van der Waals surface area (Å²) in [6, 6.07) is 3.22. The van der Waals surface area contributed by atoms with Gasteiger partial charge in [0.15, 0.2) is 10.8 Å². The second-order valence-corrected chi connectivity index (χ2v) is 5.06. The Hall–Kier alpha value is -1.70. The van der Waals surface area contributed by atoms with Gasteiger partial charge in [-0.3, -0.25) is 4.79 Å². The van der Waals surface area contributed by atoms with Gasteiger partial charge in [0.1, 0.15) is 0 Å². The number of thiazole rings is 1. The van der Waals surface area contributed by atoms with Crippen molar-refractivity contribution in [2.45, 2.75) is 12.5 Å². The molecule has 0 saturated heterocycles. The molecule has 1 unspecified atom stereocenters. The number of rotatable bonds is 7. The zero-order valence-electron chi connectivity index (χ0n) is 11.0. The van der Waals surface area contributed by atoms with Crippen LogP contribution in [-0.4, -0.2) is 42.4 Å². The second-order valence-electron chi connectivity index (χ2n) is 4.20. The summed E-state index contributed by atoms with van der Waals surface area (Å²) in [6.07, 6.45) is 1.75. The Morgan fingerprint density at radius 1 is 1.65 bits per heavy atom. The molecule has 1 amide bonds. The number of carbonyl (C=O) groups is 1. The molecule has 0 aromatic carbocycles. The molecule has 108 valence electrons. The topological polar surface area (TPSA) is 84.6 Å². The molecule has 2 aromatic heterocycles. The van der Waals surface area contributed by atoms with Crippen molar-refractivity contribution < 1.29 is 19.1 Å². The minimum Gasteiger partial charge on any atom is -0.462 e. The van der Waals surface area contributed by atoms with E-state index in [4.69, 9.17) is 14.3 Å². The molecule has 7 heteroatoms. The van der Waals surface area contributed by atoms with Gasteiger partial charge in [-0.15, -0.1) is 11.3 Å². The van der Waals surface area contributed by atoms with E-state index in [-0.39, 0.29) is 25.5 Å². The number of hydrogen-bond donors (Lipinski definition) is 2. The molecule has 0 aliphatic rings. The summed E-state index contributed by atoms with van der Waals surface area (Å²) in [5, 5.41) is 14.3. The van der Waals surface area contributed by atoms with Gasteiger partial charge in [0.05, 0.1) is 37.6 Å². The normalized spacial score (nSPS) is 12.3. The largest absolute Gasteiger partial charge is 0.462 e. The number of nitrogens with zero attached hydrogens (tertiary/aromatic N) is 1. The van der Waals surface area contributed by atoms with E-state index in [0.717, 1.165) is 5.01 Å². The van der Waals surface area contributed by atoms with Crippen LogP contribution in [0.1, 0.15) is 5.69 Å². The highest BCUT2D eigenvalue weighted by Crippen LogP contribution is 2.23. The lowest BCUT2D eigenvalue weighted by Crippen LogP contribution is -2.41. The molecule has 2 N–H and O–H groups in total. The van der Waals surface area contributed by atoms with Gasteiger partial charge in [0.2, 0.25) is 5.91 Å². The third kappa shape index (κ3) is 3.89. The molecule has 1 atom stereocenters. The number of carbonyl (C=O) groups excluding carboxylic acids is 1. The van der Waals surface area contributed by atoms with Crippen LogP contribution in [-0.2, 0) is 16.0 Å². The van der Waals surface area contributed by atoms with E-state index < -0.39 is 6.04 Å². The van der Waals surface area contributed by atoms with Crippen molar-refractivity contribution >= 4 is 17.2 Å². The van der Waals surface area contributed by atoms with Crippen molar-refractivity contribution in [1.29, 1.82) is 0 Å². The van der Waals surface area contributed by atoms with Crippen molar-refractivity contribution in [2.24, 2.45) is 0 Å². The molecule has 0 radical (unpaired) electrons. The zero-order valence-corrected chi connectivity index (χ0v) is 11.9. The molecule has 2 rings (SSSR count). The number of nitrogens with one attached hydrogen (secondary N) is 1. The van der Waals surface area contributed by atoms with E-state index in [0.29, 0.717) is 11.5 Å². The monoisotopic (exact) mass is 296 g/mol. The summed E-state index contributed by atoms with van der Waals surface area (Å²) >= 11 is 1.43. The van der Waals surface area contributed by atoms with Crippen LogP contribution in [0.25, 0.3) is 10.8 Å². The number of aromatic nitrogens is 1. The first-order valence-corrected chi connectivity index (χ1v) is 6.98. The number of hydrogen-bond acceptors (Lipinski definition) is 6. The number of amides is 1. The SMILES string of the molecule is COCC(CO)NC(=O)Cc1csc(-c2ccco2)n1. The Morgan fingerprint density at radius 2 is 2.50 bits per heavy atom. The van der Waals surface area contributed by atoms with Crippen molar-refractivity contribution in [3.8, 4) is 10.8 Å². The number of aliphatic hydroxyl groups is 1. The summed E-state index contributed by atoms with van der Waals surface area (Å²) in [7, 11) is 1.52. The van der Waals surface area contributed by atoms with Gasteiger partial charge in [-0.05, 0) is 12.1 Å². The molecule has 0 aliphatic carbocycles. The number of methoxy groups -OCH3 is 1. The number of aliphatic hydroxyl groups excluding tert-OH is 1. The molecule has 20 heavy (non-hydrogen) atoms. The maximum absolute atomic E-state index is 11.8. The van der Waals surface area contributed by atoms with Crippen LogP contribution in [0.5, 0.6) is 0 Å². The maximum Gasteiger partial charge on any atom is 0.226 e. The van der Waals surface area contributed by atoms with Crippen molar-refractivity contribution in [1.82, 2.24) is 10.3 Å². The van der Waals surface area contributed by atoms with Gasteiger partial charge in [-0.1, -0.05) is 0 Å². The molecule has 0 aliphatic heterocycles. The maximum atomic E-state index is 11.8. The van der Waals surface area contributed by atoms with Crippen molar-refractivity contribution in [2.75, 3.05) is 20.3 Å². The van der Waals surface area contributed by atoms with Gasteiger partial charge < -0.3 is 19.6 Å².